The molecule has 9 N–H and O–H groups in total. The number of nitrogens with one attached hydrogen (secondary N) is 3. The van der Waals surface area contributed by atoms with Gasteiger partial charge < -0.3 is 65.5 Å². The van der Waals surface area contributed by atoms with Crippen molar-refractivity contribution in [3.05, 3.63) is 0 Å². The van der Waals surface area contributed by atoms with Crippen molar-refractivity contribution in [3.8, 4) is 0 Å². The zero-order valence-corrected chi connectivity index (χ0v) is 43.6. The SMILES string of the molecule is O=C(O)CN(CC(=O)O)C(CCCCNC(=O)CCC(NC(=O)OCCOCCOCCOC(=O)CCCCCCCCCCCCCCCS)C(=O)NCCCCC(C(=O)O)N(CC(=O)O)CC(=O)O)C(=O)O. The number of esters is 1. The number of hydrogen-bond acceptors (Lipinski definition) is 17. The summed E-state index contributed by atoms with van der Waals surface area (Å²) in [6.45, 7) is -2.98. The number of hydrogen-bond donors (Lipinski definition) is 10. The highest BCUT2D eigenvalue weighted by Gasteiger charge is 2.30. The first-order chi connectivity index (χ1) is 35.4. The van der Waals surface area contributed by atoms with Crippen LogP contribution in [-0.4, -0.2) is 203 Å². The highest BCUT2D eigenvalue weighted by molar-refractivity contribution is 7.80. The number of carboxylic acid groups (broad SMARTS) is 6. The number of aliphatic carboxylic acids is 6. The van der Waals surface area contributed by atoms with Crippen molar-refractivity contribution in [3.63, 3.8) is 0 Å². The summed E-state index contributed by atoms with van der Waals surface area (Å²) in [4.78, 5) is 121. The van der Waals surface area contributed by atoms with Crippen LogP contribution >= 0.6 is 12.6 Å². The molecule has 426 valence electrons. The summed E-state index contributed by atoms with van der Waals surface area (Å²) in [7, 11) is 0. The predicted octanol–water partition coefficient (Wildman–Crippen LogP) is 3.25. The Morgan fingerprint density at radius 2 is 0.824 bits per heavy atom. The molecule has 0 aromatic rings. The predicted molar refractivity (Wildman–Crippen MR) is 269 cm³/mol. The van der Waals surface area contributed by atoms with Gasteiger partial charge >= 0.3 is 47.9 Å². The van der Waals surface area contributed by atoms with Crippen LogP contribution in [0.5, 0.6) is 0 Å². The van der Waals surface area contributed by atoms with Gasteiger partial charge in [0.2, 0.25) is 11.8 Å². The highest BCUT2D eigenvalue weighted by Crippen LogP contribution is 2.15. The van der Waals surface area contributed by atoms with Gasteiger partial charge in [0.05, 0.1) is 52.6 Å². The average Bonchev–Trinajstić information content (AvgIpc) is 3.31. The van der Waals surface area contributed by atoms with Gasteiger partial charge in [0.15, 0.2) is 0 Å². The van der Waals surface area contributed by atoms with E-state index in [4.69, 9.17) is 39.4 Å². The van der Waals surface area contributed by atoms with E-state index in [1.165, 1.54) is 64.2 Å². The third-order valence-corrected chi connectivity index (χ3v) is 11.7. The van der Waals surface area contributed by atoms with Crippen molar-refractivity contribution in [1.82, 2.24) is 25.8 Å². The number of nitrogens with zero attached hydrogens (tertiary/aromatic N) is 2. The fourth-order valence-electron chi connectivity index (χ4n) is 7.60. The van der Waals surface area contributed by atoms with Gasteiger partial charge in [0, 0.05) is 25.9 Å². The third kappa shape index (κ3) is 40.1. The number of unbranched alkanes of at least 4 members (excludes halogenated alkanes) is 14. The standard InChI is InChI=1S/C48H83N5O20S/c54-39(49-23-15-13-18-37(46(65)66)52(32-40(55)56)33-41(57)58)22-21-36(45(64)50-24-16-14-19-38(47(67)68)53(34-42(59)60)35-43(61)62)51-48(69)73-30-28-71-26-25-70-27-29-72-44(63)20-12-10-8-6-4-2-1-3-5-7-9-11-17-31-74/h36-38,74H,1-35H2,(H,49,54)(H,50,64)(H,51,69)(H,55,56)(H,57,58)(H,59,60)(H,61,62)(H,65,66)(H,67,68). The Balaban J connectivity index is 4.84. The average molecular weight is 1080 g/mol. The zero-order valence-electron chi connectivity index (χ0n) is 42.7. The number of carboxylic acids is 6. The van der Waals surface area contributed by atoms with Crippen LogP contribution < -0.4 is 16.0 Å². The molecule has 74 heavy (non-hydrogen) atoms. The lowest BCUT2D eigenvalue weighted by molar-refractivity contribution is -0.152. The second kappa shape index (κ2) is 45.1. The van der Waals surface area contributed by atoms with Crippen molar-refractivity contribution in [2.24, 2.45) is 0 Å². The topological polar surface area (TPSA) is 372 Å². The maximum absolute atomic E-state index is 13.2. The van der Waals surface area contributed by atoms with Crippen LogP contribution in [-0.2, 0) is 62.1 Å². The molecule has 0 rings (SSSR count). The molecule has 0 bridgehead atoms. The van der Waals surface area contributed by atoms with Crippen LogP contribution in [0.1, 0.15) is 141 Å². The second-order valence-electron chi connectivity index (χ2n) is 17.6. The van der Waals surface area contributed by atoms with E-state index in [0.717, 1.165) is 34.8 Å². The first-order valence-electron chi connectivity index (χ1n) is 25.6. The Labute approximate surface area is 438 Å². The number of ether oxygens (including phenoxy) is 4. The van der Waals surface area contributed by atoms with E-state index in [0.29, 0.717) is 6.42 Å². The molecule has 0 radical (unpaired) electrons. The molecule has 3 unspecified atom stereocenters. The molecular formula is C48H83N5O20S. The van der Waals surface area contributed by atoms with Gasteiger partial charge in [-0.1, -0.05) is 70.6 Å². The minimum atomic E-state index is -1.44. The van der Waals surface area contributed by atoms with E-state index in [2.05, 4.69) is 28.6 Å². The smallest absolute Gasteiger partial charge is 0.407 e. The fraction of sp³-hybridized carbons (Fsp3) is 0.792. The van der Waals surface area contributed by atoms with Crippen LogP contribution in [0.4, 0.5) is 4.79 Å². The number of alkyl carbamates (subject to hydrolysis) is 1. The Hall–Kier alpha value is -5.31. The van der Waals surface area contributed by atoms with Gasteiger partial charge in [-0.2, -0.15) is 12.6 Å². The van der Waals surface area contributed by atoms with E-state index >= 15 is 0 Å². The van der Waals surface area contributed by atoms with E-state index < -0.39 is 98.0 Å². The molecule has 0 saturated heterocycles. The van der Waals surface area contributed by atoms with Crippen molar-refractivity contribution in [2.45, 2.75) is 159 Å². The largest absolute Gasteiger partial charge is 0.480 e. The summed E-state index contributed by atoms with van der Waals surface area (Å²) < 4.78 is 21.2. The Morgan fingerprint density at radius 3 is 1.24 bits per heavy atom. The molecule has 0 aliphatic rings. The summed E-state index contributed by atoms with van der Waals surface area (Å²) in [6.07, 6.45) is 14.8. The van der Waals surface area contributed by atoms with Crippen LogP contribution in [0.15, 0.2) is 0 Å². The molecule has 0 aromatic heterocycles. The van der Waals surface area contributed by atoms with E-state index in [1.807, 2.05) is 0 Å². The van der Waals surface area contributed by atoms with E-state index in [-0.39, 0.29) is 110 Å². The molecule has 0 heterocycles. The lowest BCUT2D eigenvalue weighted by Crippen LogP contribution is -2.48. The number of thiol groups is 1. The maximum atomic E-state index is 13.2. The molecule has 0 aliphatic heterocycles. The van der Waals surface area contributed by atoms with Gasteiger partial charge in [0.1, 0.15) is 31.3 Å². The molecule has 0 aliphatic carbocycles. The Morgan fingerprint density at radius 1 is 0.432 bits per heavy atom. The summed E-state index contributed by atoms with van der Waals surface area (Å²) in [5.74, 6) is -9.09. The zero-order chi connectivity index (χ0) is 55.4. The van der Waals surface area contributed by atoms with Crippen LogP contribution in [0.2, 0.25) is 0 Å². The van der Waals surface area contributed by atoms with Crippen molar-refractivity contribution in [2.75, 3.05) is 84.7 Å². The second-order valence-corrected chi connectivity index (χ2v) is 18.1. The van der Waals surface area contributed by atoms with Crippen molar-refractivity contribution < 1.29 is 97.5 Å². The molecule has 0 aromatic carbocycles. The molecule has 3 atom stereocenters. The summed E-state index contributed by atoms with van der Waals surface area (Å²) >= 11 is 4.24. The number of carbonyl (C=O) groups excluding carboxylic acids is 4. The van der Waals surface area contributed by atoms with Gasteiger partial charge in [0.25, 0.3) is 0 Å². The molecule has 0 fully saturated rings. The molecular weight excluding hydrogens is 999 g/mol. The van der Waals surface area contributed by atoms with Crippen LogP contribution in [0, 0.1) is 0 Å². The molecule has 25 nitrogen and oxygen atoms in total. The maximum Gasteiger partial charge on any atom is 0.407 e. The summed E-state index contributed by atoms with van der Waals surface area (Å²) in [5.41, 5.74) is 0. The summed E-state index contributed by atoms with van der Waals surface area (Å²) in [5, 5.41) is 63.2. The molecule has 3 amide bonds. The van der Waals surface area contributed by atoms with Crippen molar-refractivity contribution >= 4 is 72.3 Å². The first-order valence-corrected chi connectivity index (χ1v) is 26.2. The molecule has 0 spiro atoms. The van der Waals surface area contributed by atoms with E-state index in [9.17, 15) is 58.2 Å². The Bertz CT molecular complexity index is 1630. The quantitative estimate of drug-likeness (QED) is 0.0237. The molecule has 0 saturated carbocycles. The van der Waals surface area contributed by atoms with Crippen LogP contribution in [0.3, 0.4) is 0 Å². The lowest BCUT2D eigenvalue weighted by Gasteiger charge is -2.25. The fourth-order valence-corrected chi connectivity index (χ4v) is 7.83. The van der Waals surface area contributed by atoms with Crippen LogP contribution in [0.25, 0.3) is 0 Å². The van der Waals surface area contributed by atoms with E-state index in [1.54, 1.807) is 0 Å². The van der Waals surface area contributed by atoms with Crippen molar-refractivity contribution in [1.29, 1.82) is 0 Å². The molecule has 26 heteroatoms. The monoisotopic (exact) mass is 1080 g/mol. The third-order valence-electron chi connectivity index (χ3n) is 11.4. The van der Waals surface area contributed by atoms with Gasteiger partial charge in [-0.25, -0.2) is 4.79 Å². The van der Waals surface area contributed by atoms with Gasteiger partial charge in [-0.15, -0.1) is 0 Å². The lowest BCUT2D eigenvalue weighted by atomic mass is 10.0. The number of rotatable bonds is 51. The highest BCUT2D eigenvalue weighted by atomic mass is 32.1. The number of amides is 3. The Kier molecular flexibility index (Phi) is 41.9. The first kappa shape index (κ1) is 68.7. The summed E-state index contributed by atoms with van der Waals surface area (Å²) in [6, 6.07) is -4.16. The number of carbonyl (C=O) groups is 10. The normalized spacial score (nSPS) is 12.4. The van der Waals surface area contributed by atoms with Gasteiger partial charge in [-0.3, -0.25) is 53.0 Å². The van der Waals surface area contributed by atoms with Gasteiger partial charge in [-0.05, 0) is 63.5 Å². The minimum Gasteiger partial charge on any atom is -0.480 e. The minimum absolute atomic E-state index is 0.0414.